The Kier molecular flexibility index (Phi) is 4.91. The number of benzene rings is 1. The van der Waals surface area contributed by atoms with E-state index in [1.807, 2.05) is 44.2 Å². The van der Waals surface area contributed by atoms with Gasteiger partial charge in [0.1, 0.15) is 5.82 Å². The summed E-state index contributed by atoms with van der Waals surface area (Å²) in [6, 6.07) is 9.79. The lowest BCUT2D eigenvalue weighted by atomic mass is 10.2. The van der Waals surface area contributed by atoms with Crippen LogP contribution in [0.25, 0.3) is 0 Å². The summed E-state index contributed by atoms with van der Waals surface area (Å²) >= 11 is 6.07. The van der Waals surface area contributed by atoms with Crippen LogP contribution < -0.4 is 0 Å². The summed E-state index contributed by atoms with van der Waals surface area (Å²) in [5, 5.41) is 0.282. The van der Waals surface area contributed by atoms with Crippen molar-refractivity contribution in [2.45, 2.75) is 26.3 Å². The Hall–Kier alpha value is -1.94. The molecule has 0 aliphatic rings. The highest BCUT2D eigenvalue weighted by molar-refractivity contribution is 6.33. The summed E-state index contributed by atoms with van der Waals surface area (Å²) in [6.45, 7) is 4.47. The number of hydrogen-bond donors (Lipinski definition) is 0. The van der Waals surface area contributed by atoms with E-state index in [1.165, 1.54) is 6.20 Å². The number of carbonyl (C=O) groups is 1. The molecule has 0 aliphatic carbocycles. The molecule has 0 saturated carbocycles. The number of halogens is 1. The minimum atomic E-state index is -0.201. The van der Waals surface area contributed by atoms with Gasteiger partial charge in [0.2, 0.25) is 0 Å². The molecular weight excluding hydrogens is 286 g/mol. The average Bonchev–Trinajstić information content (AvgIpc) is 2.47. The number of hydrogen-bond acceptors (Lipinski definition) is 3. The molecule has 110 valence electrons. The maximum absolute atomic E-state index is 12.5. The molecule has 1 heterocycles. The van der Waals surface area contributed by atoms with E-state index < -0.39 is 0 Å². The number of rotatable bonds is 4. The van der Waals surface area contributed by atoms with Gasteiger partial charge in [-0.1, -0.05) is 55.8 Å². The predicted octanol–water partition coefficient (Wildman–Crippen LogP) is 3.53. The molecule has 0 atom stereocenters. The van der Waals surface area contributed by atoms with Crippen LogP contribution in [0.3, 0.4) is 0 Å². The first-order valence-electron chi connectivity index (χ1n) is 6.81. The lowest BCUT2D eigenvalue weighted by Gasteiger charge is -2.18. The topological polar surface area (TPSA) is 46.1 Å². The smallest absolute Gasteiger partial charge is 0.274 e. The van der Waals surface area contributed by atoms with Crippen molar-refractivity contribution in [1.29, 1.82) is 0 Å². The second-order valence-corrected chi connectivity index (χ2v) is 5.63. The van der Waals surface area contributed by atoms with Crippen molar-refractivity contribution in [2.75, 3.05) is 7.05 Å². The zero-order valence-electron chi connectivity index (χ0n) is 12.4. The van der Waals surface area contributed by atoms with E-state index in [2.05, 4.69) is 9.97 Å². The maximum Gasteiger partial charge on any atom is 0.274 e. The highest BCUT2D eigenvalue weighted by Crippen LogP contribution is 2.18. The Morgan fingerprint density at radius 1 is 1.29 bits per heavy atom. The molecule has 0 bridgehead atoms. The van der Waals surface area contributed by atoms with Crippen LogP contribution in [0.5, 0.6) is 0 Å². The molecule has 2 aromatic rings. The molecule has 0 saturated heterocycles. The minimum Gasteiger partial charge on any atom is -0.336 e. The van der Waals surface area contributed by atoms with E-state index in [1.54, 1.807) is 11.9 Å². The Labute approximate surface area is 129 Å². The number of amides is 1. The van der Waals surface area contributed by atoms with E-state index in [0.29, 0.717) is 12.4 Å². The van der Waals surface area contributed by atoms with Crippen molar-refractivity contribution in [1.82, 2.24) is 14.9 Å². The maximum atomic E-state index is 12.5. The lowest BCUT2D eigenvalue weighted by molar-refractivity contribution is 0.0779. The van der Waals surface area contributed by atoms with Gasteiger partial charge in [0.25, 0.3) is 5.91 Å². The molecule has 0 radical (unpaired) electrons. The minimum absolute atomic E-state index is 0.147. The Morgan fingerprint density at radius 3 is 2.57 bits per heavy atom. The number of aromatic nitrogens is 2. The van der Waals surface area contributed by atoms with Gasteiger partial charge in [-0.3, -0.25) is 4.79 Å². The fraction of sp³-hybridized carbons (Fsp3) is 0.312. The normalized spacial score (nSPS) is 10.7. The second-order valence-electron chi connectivity index (χ2n) is 5.23. The highest BCUT2D eigenvalue weighted by Gasteiger charge is 2.19. The first-order chi connectivity index (χ1) is 9.99. The van der Waals surface area contributed by atoms with Crippen LogP contribution >= 0.6 is 11.6 Å². The molecule has 0 spiro atoms. The molecule has 5 heteroatoms. The molecular formula is C16H18ClN3O. The van der Waals surface area contributed by atoms with Crippen molar-refractivity contribution in [2.24, 2.45) is 0 Å². The molecule has 0 unspecified atom stereocenters. The van der Waals surface area contributed by atoms with E-state index >= 15 is 0 Å². The van der Waals surface area contributed by atoms with E-state index in [-0.39, 0.29) is 22.5 Å². The average molecular weight is 304 g/mol. The number of carbonyl (C=O) groups excluding carboxylic acids is 1. The van der Waals surface area contributed by atoms with Gasteiger partial charge in [-0.05, 0) is 5.56 Å². The van der Waals surface area contributed by atoms with Crippen LogP contribution in [0.4, 0.5) is 0 Å². The summed E-state index contributed by atoms with van der Waals surface area (Å²) in [5.74, 6) is 0.567. The first kappa shape index (κ1) is 15.4. The third kappa shape index (κ3) is 3.79. The molecule has 1 aromatic carbocycles. The predicted molar refractivity (Wildman–Crippen MR) is 83.4 cm³/mol. The van der Waals surface area contributed by atoms with Gasteiger partial charge >= 0.3 is 0 Å². The van der Waals surface area contributed by atoms with Crippen LogP contribution in [0.2, 0.25) is 5.02 Å². The summed E-state index contributed by atoms with van der Waals surface area (Å²) < 4.78 is 0. The Bertz CT molecular complexity index is 629. The third-order valence-corrected chi connectivity index (χ3v) is 3.37. The fourth-order valence-electron chi connectivity index (χ4n) is 1.92. The summed E-state index contributed by atoms with van der Waals surface area (Å²) in [5.41, 5.74) is 1.32. The molecule has 0 aliphatic heterocycles. The first-order valence-corrected chi connectivity index (χ1v) is 7.18. The molecule has 1 amide bonds. The molecule has 2 rings (SSSR count). The number of nitrogens with zero attached hydrogens (tertiary/aromatic N) is 3. The Morgan fingerprint density at radius 2 is 1.95 bits per heavy atom. The third-order valence-electron chi connectivity index (χ3n) is 3.09. The van der Waals surface area contributed by atoms with Gasteiger partial charge in [-0.2, -0.15) is 0 Å². The zero-order chi connectivity index (χ0) is 15.4. The van der Waals surface area contributed by atoms with E-state index in [9.17, 15) is 4.79 Å². The highest BCUT2D eigenvalue weighted by atomic mass is 35.5. The second kappa shape index (κ2) is 6.68. The van der Waals surface area contributed by atoms with Gasteiger partial charge < -0.3 is 4.90 Å². The van der Waals surface area contributed by atoms with Gasteiger partial charge in [-0.25, -0.2) is 9.97 Å². The monoisotopic (exact) mass is 303 g/mol. The van der Waals surface area contributed by atoms with E-state index in [0.717, 1.165) is 5.56 Å². The van der Waals surface area contributed by atoms with Crippen molar-refractivity contribution in [3.8, 4) is 0 Å². The van der Waals surface area contributed by atoms with Crippen molar-refractivity contribution < 1.29 is 4.79 Å². The van der Waals surface area contributed by atoms with Crippen molar-refractivity contribution >= 4 is 17.5 Å². The molecule has 21 heavy (non-hydrogen) atoms. The molecule has 0 fully saturated rings. The standard InChI is InChI=1S/C16H18ClN3O/c1-11(2)15-18-9-13(17)14(19-15)16(21)20(3)10-12-7-5-4-6-8-12/h4-9,11H,10H2,1-3H3. The fourth-order valence-corrected chi connectivity index (χ4v) is 2.09. The van der Waals surface area contributed by atoms with Crippen molar-refractivity contribution in [3.63, 3.8) is 0 Å². The van der Waals surface area contributed by atoms with Crippen molar-refractivity contribution in [3.05, 3.63) is 58.6 Å². The zero-order valence-corrected chi connectivity index (χ0v) is 13.1. The van der Waals surface area contributed by atoms with Gasteiger partial charge in [0.15, 0.2) is 5.69 Å². The summed E-state index contributed by atoms with van der Waals surface area (Å²) in [4.78, 5) is 22.6. The van der Waals surface area contributed by atoms with E-state index in [4.69, 9.17) is 11.6 Å². The SMILES string of the molecule is CC(C)c1ncc(Cl)c(C(=O)N(C)Cc2ccccc2)n1. The molecule has 1 aromatic heterocycles. The van der Waals surface area contributed by atoms with Gasteiger partial charge in [0, 0.05) is 19.5 Å². The molecule has 4 nitrogen and oxygen atoms in total. The summed E-state index contributed by atoms with van der Waals surface area (Å²) in [6.07, 6.45) is 1.49. The largest absolute Gasteiger partial charge is 0.336 e. The van der Waals surface area contributed by atoms with Gasteiger partial charge in [0.05, 0.1) is 11.2 Å². The van der Waals surface area contributed by atoms with Crippen LogP contribution in [0.1, 0.15) is 41.6 Å². The van der Waals surface area contributed by atoms with Gasteiger partial charge in [-0.15, -0.1) is 0 Å². The molecule has 0 N–H and O–H groups in total. The van der Waals surface area contributed by atoms with Crippen LogP contribution in [-0.2, 0) is 6.54 Å². The Balaban J connectivity index is 2.21. The van der Waals surface area contributed by atoms with Crippen LogP contribution in [0.15, 0.2) is 36.5 Å². The van der Waals surface area contributed by atoms with Crippen LogP contribution in [-0.4, -0.2) is 27.8 Å². The quantitative estimate of drug-likeness (QED) is 0.868. The lowest BCUT2D eigenvalue weighted by Crippen LogP contribution is -2.27. The summed E-state index contributed by atoms with van der Waals surface area (Å²) in [7, 11) is 1.74. The van der Waals surface area contributed by atoms with Crippen LogP contribution in [0, 0.1) is 0 Å².